The van der Waals surface area contributed by atoms with Gasteiger partial charge in [-0.25, -0.2) is 8.78 Å². The molecule has 0 heterocycles. The van der Waals surface area contributed by atoms with Crippen LogP contribution in [0.1, 0.15) is 24.1 Å². The number of hydrogen-bond donors (Lipinski definition) is 1. The van der Waals surface area contributed by atoms with Crippen molar-refractivity contribution in [3.05, 3.63) is 65.2 Å². The molecule has 0 bridgehead atoms. The van der Waals surface area contributed by atoms with E-state index in [2.05, 4.69) is 5.32 Å². The lowest BCUT2D eigenvalue weighted by atomic mass is 10.1. The van der Waals surface area contributed by atoms with Gasteiger partial charge in [0.1, 0.15) is 11.6 Å². The summed E-state index contributed by atoms with van der Waals surface area (Å²) in [5, 5.41) is 3.23. The molecule has 2 aromatic carbocycles. The molecule has 2 rings (SSSR count). The van der Waals surface area contributed by atoms with E-state index in [4.69, 9.17) is 4.74 Å². The van der Waals surface area contributed by atoms with E-state index in [0.717, 1.165) is 17.3 Å². The van der Waals surface area contributed by atoms with Crippen LogP contribution >= 0.6 is 0 Å². The Balaban J connectivity index is 2.21. The van der Waals surface area contributed by atoms with Gasteiger partial charge in [-0.1, -0.05) is 24.3 Å². The van der Waals surface area contributed by atoms with Gasteiger partial charge in [-0.15, -0.1) is 0 Å². The number of hydrogen-bond acceptors (Lipinski definition) is 2. The van der Waals surface area contributed by atoms with Crippen LogP contribution in [0, 0.1) is 11.6 Å². The van der Waals surface area contributed by atoms with Gasteiger partial charge in [0.15, 0.2) is 0 Å². The van der Waals surface area contributed by atoms with E-state index in [9.17, 15) is 8.78 Å². The molecule has 0 aliphatic rings. The van der Waals surface area contributed by atoms with Crippen LogP contribution in [0.5, 0.6) is 0 Å². The zero-order valence-corrected chi connectivity index (χ0v) is 11.5. The van der Waals surface area contributed by atoms with Crippen LogP contribution in [-0.4, -0.2) is 7.11 Å². The maximum Gasteiger partial charge on any atom is 0.131 e. The zero-order chi connectivity index (χ0) is 14.5. The summed E-state index contributed by atoms with van der Waals surface area (Å²) < 4.78 is 31.8. The van der Waals surface area contributed by atoms with Crippen molar-refractivity contribution in [2.45, 2.75) is 19.6 Å². The average molecular weight is 277 g/mol. The molecule has 0 saturated heterocycles. The molecule has 4 heteroatoms. The summed E-state index contributed by atoms with van der Waals surface area (Å²) in [6, 6.07) is 11.0. The topological polar surface area (TPSA) is 21.3 Å². The normalized spacial score (nSPS) is 12.2. The molecule has 0 unspecified atom stereocenters. The first-order valence-electron chi connectivity index (χ1n) is 6.40. The molecule has 0 spiro atoms. The third kappa shape index (κ3) is 3.33. The minimum atomic E-state index is -0.571. The van der Waals surface area contributed by atoms with E-state index in [1.165, 1.54) is 12.1 Å². The monoisotopic (exact) mass is 277 g/mol. The molecule has 0 aliphatic heterocycles. The van der Waals surface area contributed by atoms with Crippen LogP contribution in [0.3, 0.4) is 0 Å². The first-order chi connectivity index (χ1) is 9.61. The SMILES string of the molecule is COCc1ccccc1N[C@@H](C)c1ccc(F)cc1F. The second-order valence-electron chi connectivity index (χ2n) is 4.62. The number of nitrogens with one attached hydrogen (secondary N) is 1. The standard InChI is InChI=1S/C16H17F2NO/c1-11(14-8-7-13(17)9-15(14)18)19-16-6-4-3-5-12(16)10-20-2/h3-9,11,19H,10H2,1-2H3/t11-/m0/s1. The van der Waals surface area contributed by atoms with Crippen LogP contribution in [0.2, 0.25) is 0 Å². The summed E-state index contributed by atoms with van der Waals surface area (Å²) in [4.78, 5) is 0. The summed E-state index contributed by atoms with van der Waals surface area (Å²) >= 11 is 0. The van der Waals surface area contributed by atoms with Crippen LogP contribution in [-0.2, 0) is 11.3 Å². The lowest BCUT2D eigenvalue weighted by Crippen LogP contribution is -2.10. The van der Waals surface area contributed by atoms with Crippen molar-refractivity contribution in [3.63, 3.8) is 0 Å². The fourth-order valence-corrected chi connectivity index (χ4v) is 2.11. The van der Waals surface area contributed by atoms with Gasteiger partial charge in [0.25, 0.3) is 0 Å². The van der Waals surface area contributed by atoms with E-state index < -0.39 is 11.6 Å². The van der Waals surface area contributed by atoms with E-state index >= 15 is 0 Å². The van der Waals surface area contributed by atoms with E-state index in [1.54, 1.807) is 7.11 Å². The second-order valence-corrected chi connectivity index (χ2v) is 4.62. The maximum absolute atomic E-state index is 13.7. The molecule has 2 nitrogen and oxygen atoms in total. The molecule has 1 N–H and O–H groups in total. The van der Waals surface area contributed by atoms with Crippen molar-refractivity contribution in [1.82, 2.24) is 0 Å². The van der Waals surface area contributed by atoms with Crippen LogP contribution < -0.4 is 5.32 Å². The molecule has 0 amide bonds. The smallest absolute Gasteiger partial charge is 0.131 e. The highest BCUT2D eigenvalue weighted by Crippen LogP contribution is 2.24. The van der Waals surface area contributed by atoms with Crippen LogP contribution in [0.4, 0.5) is 14.5 Å². The molecule has 0 aromatic heterocycles. The summed E-state index contributed by atoms with van der Waals surface area (Å²) in [5.41, 5.74) is 2.30. The zero-order valence-electron chi connectivity index (χ0n) is 11.5. The number of rotatable bonds is 5. The van der Waals surface area contributed by atoms with Gasteiger partial charge in [-0.3, -0.25) is 0 Å². The van der Waals surface area contributed by atoms with E-state index in [-0.39, 0.29) is 6.04 Å². The lowest BCUT2D eigenvalue weighted by Gasteiger charge is -2.19. The van der Waals surface area contributed by atoms with Crippen LogP contribution in [0.25, 0.3) is 0 Å². The van der Waals surface area contributed by atoms with Gasteiger partial charge >= 0.3 is 0 Å². The number of anilines is 1. The van der Waals surface area contributed by atoms with Gasteiger partial charge in [-0.2, -0.15) is 0 Å². The molecular formula is C16H17F2NO. The van der Waals surface area contributed by atoms with E-state index in [0.29, 0.717) is 12.2 Å². The Bertz CT molecular complexity index is 586. The van der Waals surface area contributed by atoms with Crippen molar-refractivity contribution in [3.8, 4) is 0 Å². The molecular weight excluding hydrogens is 260 g/mol. The number of methoxy groups -OCH3 is 1. The lowest BCUT2D eigenvalue weighted by molar-refractivity contribution is 0.185. The van der Waals surface area contributed by atoms with Gasteiger partial charge in [0, 0.05) is 30.0 Å². The quantitative estimate of drug-likeness (QED) is 0.880. The highest BCUT2D eigenvalue weighted by molar-refractivity contribution is 5.52. The van der Waals surface area contributed by atoms with Crippen molar-refractivity contribution < 1.29 is 13.5 Å². The maximum atomic E-state index is 13.7. The average Bonchev–Trinajstić information content (AvgIpc) is 2.41. The predicted octanol–water partition coefficient (Wildman–Crippen LogP) is 4.28. The van der Waals surface area contributed by atoms with Gasteiger partial charge in [-0.05, 0) is 19.1 Å². The third-order valence-electron chi connectivity index (χ3n) is 3.12. The number of ether oxygens (including phenoxy) is 1. The number of benzene rings is 2. The van der Waals surface area contributed by atoms with Gasteiger partial charge in [0.05, 0.1) is 12.6 Å². The Morgan fingerprint density at radius 1 is 1.15 bits per heavy atom. The first kappa shape index (κ1) is 14.5. The Morgan fingerprint density at radius 3 is 2.60 bits per heavy atom. The molecule has 0 aliphatic carbocycles. The minimum Gasteiger partial charge on any atom is -0.380 e. The summed E-state index contributed by atoms with van der Waals surface area (Å²) in [5.74, 6) is -1.12. The molecule has 0 saturated carbocycles. The van der Waals surface area contributed by atoms with Gasteiger partial charge in [0.2, 0.25) is 0 Å². The Labute approximate surface area is 117 Å². The molecule has 2 aromatic rings. The number of para-hydroxylation sites is 1. The fourth-order valence-electron chi connectivity index (χ4n) is 2.11. The molecule has 0 radical (unpaired) electrons. The summed E-state index contributed by atoms with van der Waals surface area (Å²) in [6.07, 6.45) is 0. The first-order valence-corrected chi connectivity index (χ1v) is 6.40. The molecule has 1 atom stereocenters. The molecule has 20 heavy (non-hydrogen) atoms. The van der Waals surface area contributed by atoms with Crippen molar-refractivity contribution in [2.75, 3.05) is 12.4 Å². The number of halogens is 2. The van der Waals surface area contributed by atoms with E-state index in [1.807, 2.05) is 31.2 Å². The highest BCUT2D eigenvalue weighted by Gasteiger charge is 2.13. The molecule has 106 valence electrons. The fraction of sp³-hybridized carbons (Fsp3) is 0.250. The van der Waals surface area contributed by atoms with Crippen molar-refractivity contribution in [2.24, 2.45) is 0 Å². The predicted molar refractivity (Wildman–Crippen MR) is 75.6 cm³/mol. The Morgan fingerprint density at radius 2 is 1.90 bits per heavy atom. The second kappa shape index (κ2) is 6.48. The molecule has 0 fully saturated rings. The summed E-state index contributed by atoms with van der Waals surface area (Å²) in [6.45, 7) is 2.31. The van der Waals surface area contributed by atoms with Crippen molar-refractivity contribution in [1.29, 1.82) is 0 Å². The van der Waals surface area contributed by atoms with Crippen LogP contribution in [0.15, 0.2) is 42.5 Å². The summed E-state index contributed by atoms with van der Waals surface area (Å²) in [7, 11) is 1.62. The van der Waals surface area contributed by atoms with Gasteiger partial charge < -0.3 is 10.1 Å². The largest absolute Gasteiger partial charge is 0.380 e. The highest BCUT2D eigenvalue weighted by atomic mass is 19.1. The van der Waals surface area contributed by atoms with Crippen molar-refractivity contribution >= 4 is 5.69 Å². The Hall–Kier alpha value is -1.94. The minimum absolute atomic E-state index is 0.270. The third-order valence-corrected chi connectivity index (χ3v) is 3.12. The Kier molecular flexibility index (Phi) is 4.69.